The lowest BCUT2D eigenvalue weighted by atomic mass is 10.1. The number of aliphatic hydroxyl groups excluding tert-OH is 1. The highest BCUT2D eigenvalue weighted by Gasteiger charge is 2.04. The molecule has 0 aromatic rings. The van der Waals surface area contributed by atoms with Crippen molar-refractivity contribution in [1.82, 2.24) is 0 Å². The molecule has 2 N–H and O–H groups in total. The Hall–Kier alpha value is -1.35. The Balaban J connectivity index is 3.48. The van der Waals surface area contributed by atoms with Crippen molar-refractivity contribution in [2.75, 3.05) is 0 Å². The number of carboxylic acids is 1. The second kappa shape index (κ2) is 15.0. The van der Waals surface area contributed by atoms with Gasteiger partial charge in [0.25, 0.3) is 0 Å². The summed E-state index contributed by atoms with van der Waals surface area (Å²) in [7, 11) is 0. The third kappa shape index (κ3) is 16.6. The van der Waals surface area contributed by atoms with E-state index in [0.29, 0.717) is 12.8 Å². The fourth-order valence-corrected chi connectivity index (χ4v) is 1.90. The van der Waals surface area contributed by atoms with E-state index in [1.807, 2.05) is 18.2 Å². The SMILES string of the molecule is CCCC/C=C/C=C/C=C/CCCC(O)CCCC(=O)O. The zero-order valence-electron chi connectivity index (χ0n) is 13.2. The summed E-state index contributed by atoms with van der Waals surface area (Å²) in [4.78, 5) is 10.3. The average molecular weight is 294 g/mol. The van der Waals surface area contributed by atoms with Gasteiger partial charge in [-0.3, -0.25) is 4.79 Å². The largest absolute Gasteiger partial charge is 0.481 e. The molecule has 3 nitrogen and oxygen atoms in total. The lowest BCUT2D eigenvalue weighted by Crippen LogP contribution is -2.07. The van der Waals surface area contributed by atoms with Crippen LogP contribution in [0.2, 0.25) is 0 Å². The van der Waals surface area contributed by atoms with Crippen molar-refractivity contribution >= 4 is 5.97 Å². The van der Waals surface area contributed by atoms with Gasteiger partial charge in [-0.05, 0) is 38.5 Å². The van der Waals surface area contributed by atoms with Gasteiger partial charge in [0.1, 0.15) is 0 Å². The van der Waals surface area contributed by atoms with Crippen molar-refractivity contribution in [2.24, 2.45) is 0 Å². The van der Waals surface area contributed by atoms with Crippen LogP contribution in [0.5, 0.6) is 0 Å². The van der Waals surface area contributed by atoms with E-state index >= 15 is 0 Å². The number of carbonyl (C=O) groups is 1. The zero-order chi connectivity index (χ0) is 15.8. The second-order valence-electron chi connectivity index (χ2n) is 5.25. The summed E-state index contributed by atoms with van der Waals surface area (Å²) in [5, 5.41) is 18.2. The third-order valence-corrected chi connectivity index (χ3v) is 3.17. The van der Waals surface area contributed by atoms with E-state index in [-0.39, 0.29) is 12.5 Å². The molecule has 120 valence electrons. The van der Waals surface area contributed by atoms with E-state index < -0.39 is 5.97 Å². The predicted octanol–water partition coefficient (Wildman–Crippen LogP) is 4.63. The number of unbranched alkanes of at least 4 members (excludes halogenated alkanes) is 3. The first-order valence-electron chi connectivity index (χ1n) is 8.05. The molecule has 0 aliphatic carbocycles. The number of carboxylic acid groups (broad SMARTS) is 1. The Kier molecular flexibility index (Phi) is 14.1. The maximum atomic E-state index is 10.3. The summed E-state index contributed by atoms with van der Waals surface area (Å²) < 4.78 is 0. The molecule has 0 aliphatic heterocycles. The van der Waals surface area contributed by atoms with Crippen molar-refractivity contribution in [1.29, 1.82) is 0 Å². The molecule has 0 aromatic heterocycles. The van der Waals surface area contributed by atoms with Gasteiger partial charge in [0.15, 0.2) is 0 Å². The van der Waals surface area contributed by atoms with E-state index in [9.17, 15) is 9.90 Å². The van der Waals surface area contributed by atoms with Crippen molar-refractivity contribution < 1.29 is 15.0 Å². The number of aliphatic hydroxyl groups is 1. The molecule has 0 radical (unpaired) electrons. The van der Waals surface area contributed by atoms with Crippen LogP contribution in [0.4, 0.5) is 0 Å². The number of hydrogen-bond donors (Lipinski definition) is 2. The van der Waals surface area contributed by atoms with Crippen LogP contribution >= 0.6 is 0 Å². The molecule has 3 heteroatoms. The van der Waals surface area contributed by atoms with Crippen molar-refractivity contribution in [2.45, 2.75) is 70.8 Å². The number of hydrogen-bond acceptors (Lipinski definition) is 2. The van der Waals surface area contributed by atoms with Crippen LogP contribution in [0.15, 0.2) is 36.5 Å². The second-order valence-corrected chi connectivity index (χ2v) is 5.25. The van der Waals surface area contributed by atoms with Crippen molar-refractivity contribution in [3.8, 4) is 0 Å². The molecule has 0 rings (SSSR count). The molecule has 0 aliphatic rings. The normalized spacial score (nSPS) is 13.6. The highest BCUT2D eigenvalue weighted by Crippen LogP contribution is 2.09. The van der Waals surface area contributed by atoms with E-state index in [4.69, 9.17) is 5.11 Å². The summed E-state index contributed by atoms with van der Waals surface area (Å²) in [5.41, 5.74) is 0. The van der Waals surface area contributed by atoms with Gasteiger partial charge in [0.05, 0.1) is 6.10 Å². The first-order valence-corrected chi connectivity index (χ1v) is 8.05. The maximum absolute atomic E-state index is 10.3. The van der Waals surface area contributed by atoms with Crippen LogP contribution in [-0.4, -0.2) is 22.3 Å². The van der Waals surface area contributed by atoms with Gasteiger partial charge in [-0.1, -0.05) is 56.2 Å². The maximum Gasteiger partial charge on any atom is 0.303 e. The fraction of sp³-hybridized carbons (Fsp3) is 0.611. The van der Waals surface area contributed by atoms with Gasteiger partial charge in [0, 0.05) is 6.42 Å². The number of rotatable bonds is 13. The molecule has 0 fully saturated rings. The molecule has 1 atom stereocenters. The van der Waals surface area contributed by atoms with Crippen LogP contribution in [0.3, 0.4) is 0 Å². The molecule has 0 saturated heterocycles. The zero-order valence-corrected chi connectivity index (χ0v) is 13.2. The fourth-order valence-electron chi connectivity index (χ4n) is 1.90. The molecule has 0 saturated carbocycles. The Bertz CT molecular complexity index is 329. The van der Waals surface area contributed by atoms with E-state index in [1.165, 1.54) is 12.8 Å². The minimum atomic E-state index is -0.791. The minimum absolute atomic E-state index is 0.146. The summed E-state index contributed by atoms with van der Waals surface area (Å²) in [6.07, 6.45) is 19.6. The molecular formula is C18H30O3. The number of aliphatic carboxylic acids is 1. The molecule has 0 spiro atoms. The molecule has 21 heavy (non-hydrogen) atoms. The van der Waals surface area contributed by atoms with E-state index in [2.05, 4.69) is 25.2 Å². The number of allylic oxidation sites excluding steroid dienone is 6. The minimum Gasteiger partial charge on any atom is -0.481 e. The summed E-state index contributed by atoms with van der Waals surface area (Å²) in [6, 6.07) is 0. The van der Waals surface area contributed by atoms with Crippen LogP contribution in [0.25, 0.3) is 0 Å². The Labute approximate surface area is 129 Å². The molecule has 0 aromatic carbocycles. The van der Waals surface area contributed by atoms with E-state index in [1.54, 1.807) is 0 Å². The standard InChI is InChI=1S/C18H30O3/c1-2-3-4-5-6-7-8-9-10-11-12-14-17(19)15-13-16-18(20)21/h5-10,17,19H,2-4,11-16H2,1H3,(H,20,21)/b6-5+,8-7+,10-9+. The van der Waals surface area contributed by atoms with E-state index in [0.717, 1.165) is 25.7 Å². The predicted molar refractivity (Wildman–Crippen MR) is 88.3 cm³/mol. The third-order valence-electron chi connectivity index (χ3n) is 3.17. The van der Waals surface area contributed by atoms with Gasteiger partial charge in [-0.2, -0.15) is 0 Å². The van der Waals surface area contributed by atoms with Gasteiger partial charge < -0.3 is 10.2 Å². The van der Waals surface area contributed by atoms with Crippen LogP contribution in [0, 0.1) is 0 Å². The monoisotopic (exact) mass is 294 g/mol. The molecule has 1 unspecified atom stereocenters. The highest BCUT2D eigenvalue weighted by molar-refractivity contribution is 5.66. The van der Waals surface area contributed by atoms with Crippen molar-refractivity contribution in [3.05, 3.63) is 36.5 Å². The summed E-state index contributed by atoms with van der Waals surface area (Å²) in [6.45, 7) is 2.19. The summed E-state index contributed by atoms with van der Waals surface area (Å²) >= 11 is 0. The lowest BCUT2D eigenvalue weighted by molar-refractivity contribution is -0.137. The van der Waals surface area contributed by atoms with Gasteiger partial charge in [-0.15, -0.1) is 0 Å². The first-order chi connectivity index (χ1) is 10.2. The Morgan fingerprint density at radius 3 is 2.10 bits per heavy atom. The molecule has 0 amide bonds. The van der Waals surface area contributed by atoms with Gasteiger partial charge in [-0.25, -0.2) is 0 Å². The molecule has 0 heterocycles. The van der Waals surface area contributed by atoms with Crippen LogP contribution in [-0.2, 0) is 4.79 Å². The lowest BCUT2D eigenvalue weighted by Gasteiger charge is -2.08. The first kappa shape index (κ1) is 19.7. The van der Waals surface area contributed by atoms with Crippen molar-refractivity contribution in [3.63, 3.8) is 0 Å². The smallest absolute Gasteiger partial charge is 0.303 e. The quantitative estimate of drug-likeness (QED) is 0.384. The topological polar surface area (TPSA) is 57.5 Å². The van der Waals surface area contributed by atoms with Crippen LogP contribution in [0.1, 0.15) is 64.7 Å². The Morgan fingerprint density at radius 2 is 1.52 bits per heavy atom. The molecule has 0 bridgehead atoms. The van der Waals surface area contributed by atoms with Crippen LogP contribution < -0.4 is 0 Å². The summed E-state index contributed by atoms with van der Waals surface area (Å²) in [5.74, 6) is -0.791. The Morgan fingerprint density at radius 1 is 0.952 bits per heavy atom. The van der Waals surface area contributed by atoms with Gasteiger partial charge >= 0.3 is 5.97 Å². The highest BCUT2D eigenvalue weighted by atomic mass is 16.4. The van der Waals surface area contributed by atoms with Gasteiger partial charge in [0.2, 0.25) is 0 Å². The molecular weight excluding hydrogens is 264 g/mol. The average Bonchev–Trinajstić information content (AvgIpc) is 2.44.